The molecular formula is C25H32N2O3. The number of methoxy groups -OCH3 is 1. The lowest BCUT2D eigenvalue weighted by Gasteiger charge is -2.30. The molecule has 1 aliphatic rings. The molecule has 0 aliphatic heterocycles. The van der Waals surface area contributed by atoms with Crippen molar-refractivity contribution in [3.8, 4) is 5.75 Å². The zero-order valence-corrected chi connectivity index (χ0v) is 18.2. The van der Waals surface area contributed by atoms with Crippen LogP contribution in [-0.4, -0.2) is 35.9 Å². The van der Waals surface area contributed by atoms with Gasteiger partial charge in [0.05, 0.1) is 13.5 Å². The summed E-state index contributed by atoms with van der Waals surface area (Å²) in [5, 5.41) is 3.14. The maximum atomic E-state index is 13.3. The van der Waals surface area contributed by atoms with E-state index in [1.54, 1.807) is 12.0 Å². The van der Waals surface area contributed by atoms with Crippen molar-refractivity contribution >= 4 is 11.8 Å². The molecular weight excluding hydrogens is 376 g/mol. The third-order valence-corrected chi connectivity index (χ3v) is 5.79. The fraction of sp³-hybridized carbons (Fsp3) is 0.440. The molecule has 1 N–H and O–H groups in total. The smallest absolute Gasteiger partial charge is 0.242 e. The number of nitrogens with one attached hydrogen (secondary N) is 1. The van der Waals surface area contributed by atoms with E-state index in [1.165, 1.54) is 0 Å². The van der Waals surface area contributed by atoms with Crippen LogP contribution < -0.4 is 10.1 Å². The number of aryl methyl sites for hydroxylation is 1. The van der Waals surface area contributed by atoms with Crippen molar-refractivity contribution in [3.63, 3.8) is 0 Å². The summed E-state index contributed by atoms with van der Waals surface area (Å²) in [5.41, 5.74) is 3.01. The van der Waals surface area contributed by atoms with E-state index in [2.05, 4.69) is 5.32 Å². The molecule has 2 aromatic carbocycles. The fourth-order valence-corrected chi connectivity index (χ4v) is 4.04. The van der Waals surface area contributed by atoms with Crippen LogP contribution in [0.3, 0.4) is 0 Å². The van der Waals surface area contributed by atoms with E-state index >= 15 is 0 Å². The highest BCUT2D eigenvalue weighted by Crippen LogP contribution is 2.20. The van der Waals surface area contributed by atoms with Gasteiger partial charge in [0.2, 0.25) is 11.8 Å². The van der Waals surface area contributed by atoms with Gasteiger partial charge in [0, 0.05) is 12.6 Å². The summed E-state index contributed by atoms with van der Waals surface area (Å²) in [6.45, 7) is 4.19. The quantitative estimate of drug-likeness (QED) is 0.718. The van der Waals surface area contributed by atoms with E-state index < -0.39 is 6.04 Å². The van der Waals surface area contributed by atoms with Gasteiger partial charge in [-0.05, 0) is 49.9 Å². The van der Waals surface area contributed by atoms with Crippen LogP contribution in [0.5, 0.6) is 5.75 Å². The Morgan fingerprint density at radius 3 is 2.50 bits per heavy atom. The first kappa shape index (κ1) is 21.9. The number of rotatable bonds is 8. The second-order valence-corrected chi connectivity index (χ2v) is 8.20. The van der Waals surface area contributed by atoms with E-state index in [1.807, 2.05) is 62.4 Å². The summed E-state index contributed by atoms with van der Waals surface area (Å²) in [6.07, 6.45) is 4.61. The highest BCUT2D eigenvalue weighted by Gasteiger charge is 2.28. The van der Waals surface area contributed by atoms with Gasteiger partial charge in [-0.25, -0.2) is 0 Å². The molecule has 5 heteroatoms. The molecule has 0 radical (unpaired) electrons. The van der Waals surface area contributed by atoms with Gasteiger partial charge in [-0.2, -0.15) is 0 Å². The van der Waals surface area contributed by atoms with Crippen LogP contribution in [-0.2, 0) is 22.6 Å². The molecule has 160 valence electrons. The Morgan fingerprint density at radius 1 is 1.10 bits per heavy atom. The van der Waals surface area contributed by atoms with Gasteiger partial charge in [-0.15, -0.1) is 0 Å². The summed E-state index contributed by atoms with van der Waals surface area (Å²) < 4.78 is 5.32. The van der Waals surface area contributed by atoms with E-state index in [0.29, 0.717) is 6.54 Å². The standard InChI is InChI=1S/C25H32N2O3/c1-18-8-6-9-20(14-18)16-24(28)27(17-21-10-7-13-23(15-21)30-3)19(2)25(29)26-22-11-4-5-12-22/h6-10,13-15,19,22H,4-5,11-12,16-17H2,1-3H3,(H,26,29). The van der Waals surface area contributed by atoms with Crippen LogP contribution in [0.25, 0.3) is 0 Å². The van der Waals surface area contributed by atoms with E-state index in [0.717, 1.165) is 48.1 Å². The largest absolute Gasteiger partial charge is 0.497 e. The number of amides is 2. The van der Waals surface area contributed by atoms with E-state index in [-0.39, 0.29) is 24.3 Å². The van der Waals surface area contributed by atoms with E-state index in [9.17, 15) is 9.59 Å². The lowest BCUT2D eigenvalue weighted by Crippen LogP contribution is -2.50. The monoisotopic (exact) mass is 408 g/mol. The van der Waals surface area contributed by atoms with Gasteiger partial charge in [0.25, 0.3) is 0 Å². The van der Waals surface area contributed by atoms with Gasteiger partial charge in [0.1, 0.15) is 11.8 Å². The lowest BCUT2D eigenvalue weighted by atomic mass is 10.1. The molecule has 5 nitrogen and oxygen atoms in total. The number of ether oxygens (including phenoxy) is 1. The Bertz CT molecular complexity index is 874. The number of hydrogen-bond acceptors (Lipinski definition) is 3. The Balaban J connectivity index is 1.78. The second-order valence-electron chi connectivity index (χ2n) is 8.20. The molecule has 3 rings (SSSR count). The Hall–Kier alpha value is -2.82. The Labute approximate surface area is 179 Å². The van der Waals surface area contributed by atoms with Crippen molar-refractivity contribution in [3.05, 3.63) is 65.2 Å². The first-order valence-electron chi connectivity index (χ1n) is 10.7. The Morgan fingerprint density at radius 2 is 1.80 bits per heavy atom. The summed E-state index contributed by atoms with van der Waals surface area (Å²) in [6, 6.07) is 15.3. The van der Waals surface area contributed by atoms with Gasteiger partial charge in [-0.1, -0.05) is 54.8 Å². The molecule has 0 bridgehead atoms. The van der Waals surface area contributed by atoms with Gasteiger partial charge >= 0.3 is 0 Å². The molecule has 2 aromatic rings. The molecule has 1 aliphatic carbocycles. The second kappa shape index (κ2) is 10.3. The first-order chi connectivity index (χ1) is 14.5. The summed E-state index contributed by atoms with van der Waals surface area (Å²) in [4.78, 5) is 27.9. The number of nitrogens with zero attached hydrogens (tertiary/aromatic N) is 1. The third-order valence-electron chi connectivity index (χ3n) is 5.79. The minimum absolute atomic E-state index is 0.0579. The Kier molecular flexibility index (Phi) is 7.50. The van der Waals surface area contributed by atoms with Crippen molar-refractivity contribution in [2.45, 2.75) is 64.6 Å². The SMILES string of the molecule is COc1cccc(CN(C(=O)Cc2cccc(C)c2)C(C)C(=O)NC2CCCC2)c1. The number of benzene rings is 2. The minimum atomic E-state index is -0.547. The maximum Gasteiger partial charge on any atom is 0.242 e. The van der Waals surface area contributed by atoms with Crippen molar-refractivity contribution in [2.75, 3.05) is 7.11 Å². The zero-order chi connectivity index (χ0) is 21.5. The molecule has 1 atom stereocenters. The van der Waals surface area contributed by atoms with E-state index in [4.69, 9.17) is 4.74 Å². The van der Waals surface area contributed by atoms with Gasteiger partial charge in [-0.3, -0.25) is 9.59 Å². The third kappa shape index (κ3) is 5.85. The van der Waals surface area contributed by atoms with Crippen molar-refractivity contribution in [2.24, 2.45) is 0 Å². The summed E-state index contributed by atoms with van der Waals surface area (Å²) in [7, 11) is 1.62. The van der Waals surface area contributed by atoms with Crippen LogP contribution in [0.4, 0.5) is 0 Å². The molecule has 1 saturated carbocycles. The van der Waals surface area contributed by atoms with Crippen LogP contribution in [0, 0.1) is 6.92 Å². The predicted octanol–water partition coefficient (Wildman–Crippen LogP) is 4.02. The molecule has 30 heavy (non-hydrogen) atoms. The van der Waals surface area contributed by atoms with Crippen LogP contribution >= 0.6 is 0 Å². The number of hydrogen-bond donors (Lipinski definition) is 1. The number of carbonyl (C=O) groups is 2. The summed E-state index contributed by atoms with van der Waals surface area (Å²) in [5.74, 6) is 0.599. The predicted molar refractivity (Wildman–Crippen MR) is 118 cm³/mol. The van der Waals surface area contributed by atoms with Crippen molar-refractivity contribution in [1.82, 2.24) is 10.2 Å². The lowest BCUT2D eigenvalue weighted by molar-refractivity contribution is -0.140. The molecule has 1 fully saturated rings. The summed E-state index contributed by atoms with van der Waals surface area (Å²) >= 11 is 0. The molecule has 1 unspecified atom stereocenters. The first-order valence-corrected chi connectivity index (χ1v) is 10.7. The van der Waals surface area contributed by atoms with Crippen LogP contribution in [0.15, 0.2) is 48.5 Å². The fourth-order valence-electron chi connectivity index (χ4n) is 4.04. The molecule has 0 heterocycles. The highest BCUT2D eigenvalue weighted by atomic mass is 16.5. The topological polar surface area (TPSA) is 58.6 Å². The van der Waals surface area contributed by atoms with Crippen LogP contribution in [0.2, 0.25) is 0 Å². The molecule has 0 spiro atoms. The molecule has 2 amide bonds. The molecule has 0 saturated heterocycles. The van der Waals surface area contributed by atoms with Crippen molar-refractivity contribution < 1.29 is 14.3 Å². The highest BCUT2D eigenvalue weighted by molar-refractivity contribution is 5.88. The van der Waals surface area contributed by atoms with Crippen molar-refractivity contribution in [1.29, 1.82) is 0 Å². The average molecular weight is 409 g/mol. The average Bonchev–Trinajstić information content (AvgIpc) is 3.24. The molecule has 0 aromatic heterocycles. The van der Waals surface area contributed by atoms with Crippen LogP contribution in [0.1, 0.15) is 49.3 Å². The minimum Gasteiger partial charge on any atom is -0.497 e. The number of carbonyl (C=O) groups excluding carboxylic acids is 2. The maximum absolute atomic E-state index is 13.3. The zero-order valence-electron chi connectivity index (χ0n) is 18.2. The normalized spacial score (nSPS) is 14.9. The van der Waals surface area contributed by atoms with Gasteiger partial charge < -0.3 is 15.0 Å². The van der Waals surface area contributed by atoms with Gasteiger partial charge in [0.15, 0.2) is 0 Å².